The molecule has 6 nitrogen and oxygen atoms in total. The van der Waals surface area contributed by atoms with Gasteiger partial charge in [-0.1, -0.05) is 12.0 Å². The van der Waals surface area contributed by atoms with Gasteiger partial charge in [-0.3, -0.25) is 4.90 Å². The second-order valence-corrected chi connectivity index (χ2v) is 6.24. The van der Waals surface area contributed by atoms with Crippen LogP contribution < -0.4 is 4.90 Å². The molecule has 0 unspecified atom stereocenters. The number of anilines is 1. The zero-order valence-corrected chi connectivity index (χ0v) is 12.9. The van der Waals surface area contributed by atoms with Crippen LogP contribution in [0.1, 0.15) is 44.9 Å². The number of aromatic nitrogens is 2. The van der Waals surface area contributed by atoms with Gasteiger partial charge in [0.2, 0.25) is 5.89 Å². The van der Waals surface area contributed by atoms with Crippen molar-refractivity contribution in [1.29, 1.82) is 0 Å². The van der Waals surface area contributed by atoms with Gasteiger partial charge in [-0.2, -0.15) is 0 Å². The average Bonchev–Trinajstić information content (AvgIpc) is 2.97. The van der Waals surface area contributed by atoms with Crippen LogP contribution in [0, 0.1) is 0 Å². The Morgan fingerprint density at radius 2 is 2.00 bits per heavy atom. The number of likely N-dealkylation sites (tertiary alicyclic amines) is 1. The van der Waals surface area contributed by atoms with E-state index in [9.17, 15) is 5.11 Å². The van der Waals surface area contributed by atoms with Gasteiger partial charge in [0.1, 0.15) is 0 Å². The van der Waals surface area contributed by atoms with Crippen molar-refractivity contribution in [2.75, 3.05) is 31.1 Å². The Morgan fingerprint density at radius 1 is 1.19 bits per heavy atom. The van der Waals surface area contributed by atoms with Gasteiger partial charge in [-0.15, -0.1) is 5.10 Å². The van der Waals surface area contributed by atoms with E-state index in [-0.39, 0.29) is 6.10 Å². The van der Waals surface area contributed by atoms with Crippen LogP contribution in [0.2, 0.25) is 0 Å². The van der Waals surface area contributed by atoms with Crippen LogP contribution in [-0.4, -0.2) is 58.5 Å². The first kappa shape index (κ1) is 14.8. The number of hydrogen-bond acceptors (Lipinski definition) is 6. The Balaban J connectivity index is 1.52. The topological polar surface area (TPSA) is 65.6 Å². The van der Waals surface area contributed by atoms with Crippen molar-refractivity contribution in [1.82, 2.24) is 15.1 Å². The van der Waals surface area contributed by atoms with Crippen molar-refractivity contribution in [3.05, 3.63) is 5.89 Å². The molecule has 0 radical (unpaired) electrons. The maximum Gasteiger partial charge on any atom is 0.318 e. The van der Waals surface area contributed by atoms with Gasteiger partial charge in [0, 0.05) is 32.1 Å². The van der Waals surface area contributed by atoms with E-state index in [4.69, 9.17) is 4.42 Å². The van der Waals surface area contributed by atoms with Crippen molar-refractivity contribution in [3.8, 4) is 0 Å². The highest BCUT2D eigenvalue weighted by atomic mass is 16.4. The molecule has 2 aliphatic rings. The summed E-state index contributed by atoms with van der Waals surface area (Å²) in [6.45, 7) is 6.01. The Kier molecular flexibility index (Phi) is 4.75. The molecule has 6 heteroatoms. The largest absolute Gasteiger partial charge is 0.408 e. The summed E-state index contributed by atoms with van der Waals surface area (Å²) in [6, 6.07) is 1.27. The van der Waals surface area contributed by atoms with Crippen molar-refractivity contribution < 1.29 is 9.52 Å². The summed E-state index contributed by atoms with van der Waals surface area (Å²) in [4.78, 5) is 4.66. The standard InChI is InChI=1S/C15H26N4O2/c1-2-4-14-16-17-15(21-14)18-9-6-12(7-10-18)19-8-3-5-13(20)11-19/h12-13,20H,2-11H2,1H3/t13-/m0/s1. The molecular formula is C15H26N4O2. The van der Waals surface area contributed by atoms with E-state index in [1.54, 1.807) is 0 Å². The van der Waals surface area contributed by atoms with Crippen molar-refractivity contribution in [3.63, 3.8) is 0 Å². The minimum Gasteiger partial charge on any atom is -0.408 e. The molecule has 118 valence electrons. The molecule has 1 atom stereocenters. The zero-order chi connectivity index (χ0) is 14.7. The van der Waals surface area contributed by atoms with E-state index in [0.29, 0.717) is 12.1 Å². The molecule has 0 saturated carbocycles. The minimum absolute atomic E-state index is 0.135. The summed E-state index contributed by atoms with van der Waals surface area (Å²) in [5.74, 6) is 0.744. The quantitative estimate of drug-likeness (QED) is 0.906. The summed E-state index contributed by atoms with van der Waals surface area (Å²) in [5.41, 5.74) is 0. The van der Waals surface area contributed by atoms with Gasteiger partial charge in [0.05, 0.1) is 6.10 Å². The summed E-state index contributed by atoms with van der Waals surface area (Å²) < 4.78 is 5.71. The molecular weight excluding hydrogens is 268 g/mol. The van der Waals surface area contributed by atoms with E-state index in [0.717, 1.165) is 70.6 Å². The van der Waals surface area contributed by atoms with Gasteiger partial charge in [0.15, 0.2) is 0 Å². The molecule has 0 aromatic carbocycles. The van der Waals surface area contributed by atoms with Gasteiger partial charge in [0.25, 0.3) is 0 Å². The molecule has 3 heterocycles. The lowest BCUT2D eigenvalue weighted by Gasteiger charge is -2.40. The first-order valence-electron chi connectivity index (χ1n) is 8.25. The van der Waals surface area contributed by atoms with Crippen LogP contribution in [0.15, 0.2) is 4.42 Å². The highest BCUT2D eigenvalue weighted by molar-refractivity contribution is 5.25. The second-order valence-electron chi connectivity index (χ2n) is 6.24. The first-order valence-corrected chi connectivity index (χ1v) is 8.25. The molecule has 0 amide bonds. The SMILES string of the molecule is CCCc1nnc(N2CCC(N3CCC[C@H](O)C3)CC2)o1. The highest BCUT2D eigenvalue weighted by Crippen LogP contribution is 2.24. The molecule has 2 aliphatic heterocycles. The number of aryl methyl sites for hydroxylation is 1. The Labute approximate surface area is 126 Å². The van der Waals surface area contributed by atoms with Crippen molar-refractivity contribution >= 4 is 6.01 Å². The van der Waals surface area contributed by atoms with Crippen LogP contribution in [-0.2, 0) is 6.42 Å². The molecule has 0 bridgehead atoms. The lowest BCUT2D eigenvalue weighted by molar-refractivity contribution is 0.0396. The van der Waals surface area contributed by atoms with E-state index in [1.807, 2.05) is 0 Å². The predicted octanol–water partition coefficient (Wildman–Crippen LogP) is 1.45. The molecule has 2 saturated heterocycles. The van der Waals surface area contributed by atoms with Gasteiger partial charge in [-0.05, 0) is 38.6 Å². The Morgan fingerprint density at radius 3 is 2.71 bits per heavy atom. The van der Waals surface area contributed by atoms with E-state index in [1.165, 1.54) is 0 Å². The molecule has 0 spiro atoms. The summed E-state index contributed by atoms with van der Waals surface area (Å²) in [5, 5.41) is 18.1. The van der Waals surface area contributed by atoms with Gasteiger partial charge in [-0.25, -0.2) is 0 Å². The van der Waals surface area contributed by atoms with Crippen LogP contribution in [0.4, 0.5) is 6.01 Å². The molecule has 1 N–H and O–H groups in total. The number of β-amino-alcohol motifs (C(OH)–C–C–N with tert-alkyl or cyclic N) is 1. The van der Waals surface area contributed by atoms with Crippen molar-refractivity contribution in [2.24, 2.45) is 0 Å². The molecule has 1 aromatic heterocycles. The number of hydrogen-bond donors (Lipinski definition) is 1. The Bertz CT molecular complexity index is 443. The fraction of sp³-hybridized carbons (Fsp3) is 0.867. The summed E-state index contributed by atoms with van der Waals surface area (Å²) in [7, 11) is 0. The van der Waals surface area contributed by atoms with E-state index >= 15 is 0 Å². The molecule has 2 fully saturated rings. The fourth-order valence-electron chi connectivity index (χ4n) is 3.42. The minimum atomic E-state index is -0.135. The summed E-state index contributed by atoms with van der Waals surface area (Å²) >= 11 is 0. The smallest absolute Gasteiger partial charge is 0.318 e. The summed E-state index contributed by atoms with van der Waals surface area (Å²) in [6.07, 6.45) is 6.04. The zero-order valence-electron chi connectivity index (χ0n) is 12.9. The number of nitrogens with zero attached hydrogens (tertiary/aromatic N) is 4. The average molecular weight is 294 g/mol. The lowest BCUT2D eigenvalue weighted by atomic mass is 9.99. The third-order valence-electron chi connectivity index (χ3n) is 4.60. The highest BCUT2D eigenvalue weighted by Gasteiger charge is 2.29. The van der Waals surface area contributed by atoms with Crippen LogP contribution in [0.25, 0.3) is 0 Å². The van der Waals surface area contributed by atoms with Gasteiger partial charge < -0.3 is 14.4 Å². The maximum atomic E-state index is 9.81. The number of aliphatic hydroxyl groups excluding tert-OH is 1. The third kappa shape index (κ3) is 3.55. The molecule has 1 aromatic rings. The molecule has 0 aliphatic carbocycles. The van der Waals surface area contributed by atoms with Gasteiger partial charge >= 0.3 is 6.01 Å². The number of aliphatic hydroxyl groups is 1. The third-order valence-corrected chi connectivity index (χ3v) is 4.60. The lowest BCUT2D eigenvalue weighted by Crippen LogP contribution is -2.49. The van der Waals surface area contributed by atoms with Crippen LogP contribution in [0.5, 0.6) is 0 Å². The van der Waals surface area contributed by atoms with Crippen LogP contribution in [0.3, 0.4) is 0 Å². The molecule has 21 heavy (non-hydrogen) atoms. The number of piperidine rings is 2. The van der Waals surface area contributed by atoms with E-state index in [2.05, 4.69) is 26.9 Å². The number of rotatable bonds is 4. The normalized spacial score (nSPS) is 25.4. The second kappa shape index (κ2) is 6.75. The Hall–Kier alpha value is -1.14. The monoisotopic (exact) mass is 294 g/mol. The first-order chi connectivity index (χ1) is 10.3. The maximum absolute atomic E-state index is 9.81. The fourth-order valence-corrected chi connectivity index (χ4v) is 3.42. The van der Waals surface area contributed by atoms with Crippen LogP contribution >= 0.6 is 0 Å². The van der Waals surface area contributed by atoms with Crippen molar-refractivity contribution in [2.45, 2.75) is 57.6 Å². The van der Waals surface area contributed by atoms with E-state index < -0.39 is 0 Å². The predicted molar refractivity (Wildman–Crippen MR) is 80.3 cm³/mol. The molecule has 3 rings (SSSR count).